The Morgan fingerprint density at radius 2 is 1.86 bits per heavy atom. The van der Waals surface area contributed by atoms with Crippen molar-refractivity contribution in [3.8, 4) is 0 Å². The molecule has 0 fully saturated rings. The minimum atomic E-state index is -4.42. The predicted molar refractivity (Wildman–Crippen MR) is 30.5 cm³/mol. The van der Waals surface area contributed by atoms with E-state index in [1.165, 1.54) is 0 Å². The van der Waals surface area contributed by atoms with E-state index in [0.717, 1.165) is 22.6 Å². The molecule has 1 atom stereocenters. The van der Waals surface area contributed by atoms with Gasteiger partial charge in [-0.05, 0) is 22.6 Å². The summed E-state index contributed by atoms with van der Waals surface area (Å²) >= 11 is 0.945. The first-order chi connectivity index (χ1) is 2.94. The molecule has 0 heterocycles. The van der Waals surface area contributed by atoms with Gasteiger partial charge in [0.1, 0.15) is 0 Å². The second-order valence-electron chi connectivity index (χ2n) is 0.776. The molecule has 7 heavy (non-hydrogen) atoms. The largest absolute Gasteiger partial charge is 0.307 e. The van der Waals surface area contributed by atoms with E-state index >= 15 is 0 Å². The van der Waals surface area contributed by atoms with Gasteiger partial charge in [0, 0.05) is 0 Å². The van der Waals surface area contributed by atoms with Gasteiger partial charge in [0.25, 0.3) is 3.51 Å². The summed E-state index contributed by atoms with van der Waals surface area (Å²) in [6.45, 7) is 0. The molecule has 1 N–H and O–H groups in total. The van der Waals surface area contributed by atoms with Gasteiger partial charge in [0.05, 0.1) is 0 Å². The normalized spacial score (nSPS) is 16.4. The number of hydrogen-bond acceptors (Lipinski definition) is 2. The second kappa shape index (κ2) is 2.23. The van der Waals surface area contributed by atoms with Crippen molar-refractivity contribution < 1.29 is 17.4 Å². The third-order valence-electron chi connectivity index (χ3n) is 0.225. The molecule has 0 amide bonds. The average molecular weight is 240 g/mol. The van der Waals surface area contributed by atoms with Crippen molar-refractivity contribution in [2.24, 2.45) is 0 Å². The third-order valence-corrected chi connectivity index (χ3v) is 2.60. The van der Waals surface area contributed by atoms with Crippen molar-refractivity contribution in [3.05, 3.63) is 0 Å². The number of rotatable bonds is 1. The highest BCUT2D eigenvalue weighted by Crippen LogP contribution is 2.07. The van der Waals surface area contributed by atoms with E-state index in [4.69, 9.17) is 4.55 Å². The van der Waals surface area contributed by atoms with Crippen LogP contribution in [0.25, 0.3) is 0 Å². The molecule has 0 saturated heterocycles. The first kappa shape index (κ1) is 7.57. The van der Waals surface area contributed by atoms with Gasteiger partial charge >= 0.3 is 10.1 Å². The van der Waals surface area contributed by atoms with E-state index in [9.17, 15) is 12.8 Å². The zero-order valence-electron chi connectivity index (χ0n) is 3.01. The summed E-state index contributed by atoms with van der Waals surface area (Å²) in [5.41, 5.74) is 0. The summed E-state index contributed by atoms with van der Waals surface area (Å²) in [7, 11) is -4.42. The Morgan fingerprint density at radius 1 is 1.71 bits per heavy atom. The van der Waals surface area contributed by atoms with Gasteiger partial charge in [-0.15, -0.1) is 0 Å². The van der Waals surface area contributed by atoms with Gasteiger partial charge in [0.15, 0.2) is 0 Å². The molecule has 0 aliphatic rings. The van der Waals surface area contributed by atoms with Crippen LogP contribution in [0.4, 0.5) is 4.39 Å². The van der Waals surface area contributed by atoms with Crippen LogP contribution >= 0.6 is 22.6 Å². The summed E-state index contributed by atoms with van der Waals surface area (Å²) in [4.78, 5) is 0. The molecular formula is CH2FIO3S. The van der Waals surface area contributed by atoms with Gasteiger partial charge in [-0.1, -0.05) is 0 Å². The van der Waals surface area contributed by atoms with E-state index < -0.39 is 13.6 Å². The van der Waals surface area contributed by atoms with Crippen molar-refractivity contribution >= 4 is 32.7 Å². The molecule has 0 radical (unpaired) electrons. The minimum absolute atomic E-state index is 0.945. The fraction of sp³-hybridized carbons (Fsp3) is 1.00. The summed E-state index contributed by atoms with van der Waals surface area (Å²) in [6, 6.07) is 0. The van der Waals surface area contributed by atoms with Crippen molar-refractivity contribution in [2.75, 3.05) is 0 Å². The zero-order valence-corrected chi connectivity index (χ0v) is 5.98. The van der Waals surface area contributed by atoms with Crippen LogP contribution in [0.3, 0.4) is 0 Å². The molecule has 3 nitrogen and oxygen atoms in total. The molecule has 0 spiro atoms. The van der Waals surface area contributed by atoms with E-state index in [2.05, 4.69) is 0 Å². The van der Waals surface area contributed by atoms with E-state index in [-0.39, 0.29) is 0 Å². The lowest BCUT2D eigenvalue weighted by Gasteiger charge is -1.88. The van der Waals surface area contributed by atoms with E-state index in [1.807, 2.05) is 0 Å². The second-order valence-corrected chi connectivity index (χ2v) is 4.16. The van der Waals surface area contributed by atoms with Gasteiger partial charge in [-0.25, -0.2) is 4.39 Å². The number of alkyl halides is 2. The van der Waals surface area contributed by atoms with Gasteiger partial charge < -0.3 is 0 Å². The maximum Gasteiger partial charge on any atom is 0.307 e. The lowest BCUT2D eigenvalue weighted by Crippen LogP contribution is -2.05. The van der Waals surface area contributed by atoms with Crippen LogP contribution in [-0.4, -0.2) is 16.5 Å². The zero-order chi connectivity index (χ0) is 6.08. The summed E-state index contributed by atoms with van der Waals surface area (Å²) < 4.78 is 35.8. The van der Waals surface area contributed by atoms with Crippen LogP contribution in [0.15, 0.2) is 0 Å². The van der Waals surface area contributed by atoms with Crippen LogP contribution < -0.4 is 0 Å². The summed E-state index contributed by atoms with van der Waals surface area (Å²) in [5, 5.41) is 0. The summed E-state index contributed by atoms with van der Waals surface area (Å²) in [6.07, 6.45) is 0. The lowest BCUT2D eigenvalue weighted by molar-refractivity contribution is 0.440. The predicted octanol–water partition coefficient (Wildman–Crippen LogP) is 0.562. The van der Waals surface area contributed by atoms with Crippen molar-refractivity contribution in [2.45, 2.75) is 3.51 Å². The monoisotopic (exact) mass is 240 g/mol. The maximum absolute atomic E-state index is 11.4. The van der Waals surface area contributed by atoms with Crippen molar-refractivity contribution in [1.29, 1.82) is 0 Å². The molecule has 0 aromatic rings. The Labute approximate surface area is 53.8 Å². The molecule has 1 unspecified atom stereocenters. The molecule has 6 heteroatoms. The van der Waals surface area contributed by atoms with Crippen LogP contribution in [0.5, 0.6) is 0 Å². The van der Waals surface area contributed by atoms with Crippen LogP contribution in [0.2, 0.25) is 0 Å². The third kappa shape index (κ3) is 3.18. The first-order valence-corrected chi connectivity index (χ1v) is 3.94. The smallest absolute Gasteiger partial charge is 0.283 e. The lowest BCUT2D eigenvalue weighted by atomic mass is 11.8. The van der Waals surface area contributed by atoms with E-state index in [1.54, 1.807) is 0 Å². The van der Waals surface area contributed by atoms with Crippen molar-refractivity contribution in [3.63, 3.8) is 0 Å². The Balaban J connectivity index is 4.10. The molecule has 0 rings (SSSR count). The van der Waals surface area contributed by atoms with Crippen molar-refractivity contribution in [1.82, 2.24) is 0 Å². The fourth-order valence-corrected chi connectivity index (χ4v) is 0. The van der Waals surface area contributed by atoms with Crippen LogP contribution in [0.1, 0.15) is 0 Å². The van der Waals surface area contributed by atoms with Crippen LogP contribution in [0, 0.1) is 0 Å². The molecule has 0 aliphatic carbocycles. The Kier molecular flexibility index (Phi) is 2.41. The highest BCUT2D eigenvalue weighted by molar-refractivity contribution is 14.1. The fourth-order valence-electron chi connectivity index (χ4n) is 0. The first-order valence-electron chi connectivity index (χ1n) is 1.19. The minimum Gasteiger partial charge on any atom is -0.283 e. The van der Waals surface area contributed by atoms with E-state index in [0.29, 0.717) is 0 Å². The number of hydrogen-bond donors (Lipinski definition) is 1. The molecule has 0 aromatic heterocycles. The topological polar surface area (TPSA) is 54.4 Å². The average Bonchev–Trinajstić information content (AvgIpc) is 1.31. The maximum atomic E-state index is 11.4. The van der Waals surface area contributed by atoms with Crippen LogP contribution in [-0.2, 0) is 10.1 Å². The van der Waals surface area contributed by atoms with Gasteiger partial charge in [0.2, 0.25) is 0 Å². The SMILES string of the molecule is O=S(=O)(O)C(F)I. The van der Waals surface area contributed by atoms with Gasteiger partial charge in [-0.2, -0.15) is 8.42 Å². The molecule has 0 aromatic carbocycles. The quantitative estimate of drug-likeness (QED) is 0.414. The Bertz CT molecular complexity index is 137. The Hall–Kier alpha value is 0.570. The summed E-state index contributed by atoms with van der Waals surface area (Å²) in [5.74, 6) is 0. The Morgan fingerprint density at radius 3 is 1.86 bits per heavy atom. The highest BCUT2D eigenvalue weighted by Gasteiger charge is 2.15. The molecular weight excluding hydrogens is 238 g/mol. The molecule has 0 saturated carbocycles. The molecule has 0 bridgehead atoms. The number of halogens is 2. The highest BCUT2D eigenvalue weighted by atomic mass is 127. The standard InChI is InChI=1S/CH2FIO3S/c2-1(3)7(4,5)6/h1H,(H,4,5,6). The molecule has 44 valence electrons. The van der Waals surface area contributed by atoms with Gasteiger partial charge in [-0.3, -0.25) is 4.55 Å². The molecule has 0 aliphatic heterocycles.